The van der Waals surface area contributed by atoms with Crippen molar-refractivity contribution in [3.8, 4) is 0 Å². The molecule has 4 nitrogen and oxygen atoms in total. The van der Waals surface area contributed by atoms with Gasteiger partial charge in [-0.3, -0.25) is 9.48 Å². The van der Waals surface area contributed by atoms with Gasteiger partial charge in [-0.15, -0.1) is 0 Å². The van der Waals surface area contributed by atoms with Gasteiger partial charge >= 0.3 is 5.97 Å². The molecule has 0 aliphatic rings. The van der Waals surface area contributed by atoms with Crippen LogP contribution < -0.4 is 0 Å². The zero-order valence-electron chi connectivity index (χ0n) is 7.03. The molecule has 0 amide bonds. The Bertz CT molecular complexity index is 268. The van der Waals surface area contributed by atoms with Gasteiger partial charge in [0.05, 0.1) is 5.69 Å². The lowest BCUT2D eigenvalue weighted by Crippen LogP contribution is -1.97. The number of nitrogens with zero attached hydrogens (tertiary/aromatic N) is 2. The SMILES string of the molecule is Cn1ccc(CCCC(=O)O)n1. The van der Waals surface area contributed by atoms with E-state index >= 15 is 0 Å². The molecular weight excluding hydrogens is 156 g/mol. The van der Waals surface area contributed by atoms with Crippen molar-refractivity contribution in [3.63, 3.8) is 0 Å². The van der Waals surface area contributed by atoms with Gasteiger partial charge in [-0.05, 0) is 18.9 Å². The first-order valence-electron chi connectivity index (χ1n) is 3.89. The van der Waals surface area contributed by atoms with Crippen LogP contribution >= 0.6 is 0 Å². The Morgan fingerprint density at radius 2 is 2.50 bits per heavy atom. The maximum atomic E-state index is 10.2. The Morgan fingerprint density at radius 1 is 1.75 bits per heavy atom. The van der Waals surface area contributed by atoms with Gasteiger partial charge in [0.15, 0.2) is 0 Å². The Kier molecular flexibility index (Phi) is 2.85. The van der Waals surface area contributed by atoms with Gasteiger partial charge in [-0.1, -0.05) is 0 Å². The van der Waals surface area contributed by atoms with E-state index in [1.54, 1.807) is 4.68 Å². The Hall–Kier alpha value is -1.32. The van der Waals surface area contributed by atoms with Gasteiger partial charge in [0.2, 0.25) is 0 Å². The van der Waals surface area contributed by atoms with Gasteiger partial charge in [0, 0.05) is 19.7 Å². The molecule has 0 saturated carbocycles. The molecule has 1 heterocycles. The van der Waals surface area contributed by atoms with Crippen molar-refractivity contribution in [2.24, 2.45) is 7.05 Å². The van der Waals surface area contributed by atoms with Gasteiger partial charge in [0.1, 0.15) is 0 Å². The maximum absolute atomic E-state index is 10.2. The zero-order chi connectivity index (χ0) is 8.97. The number of aromatic nitrogens is 2. The molecule has 0 bridgehead atoms. The lowest BCUT2D eigenvalue weighted by atomic mass is 10.2. The molecule has 1 aromatic rings. The summed E-state index contributed by atoms with van der Waals surface area (Å²) in [6, 6.07) is 1.90. The third kappa shape index (κ3) is 2.74. The second kappa shape index (κ2) is 3.90. The second-order valence-electron chi connectivity index (χ2n) is 2.73. The van der Waals surface area contributed by atoms with E-state index in [1.165, 1.54) is 0 Å². The fraction of sp³-hybridized carbons (Fsp3) is 0.500. The van der Waals surface area contributed by atoms with Crippen molar-refractivity contribution < 1.29 is 9.90 Å². The van der Waals surface area contributed by atoms with Crippen molar-refractivity contribution >= 4 is 5.97 Å². The first kappa shape index (κ1) is 8.77. The molecule has 12 heavy (non-hydrogen) atoms. The molecular formula is C8H12N2O2. The molecule has 0 fully saturated rings. The maximum Gasteiger partial charge on any atom is 0.303 e. The number of carboxylic acid groups (broad SMARTS) is 1. The van der Waals surface area contributed by atoms with E-state index < -0.39 is 5.97 Å². The van der Waals surface area contributed by atoms with Crippen molar-refractivity contribution in [3.05, 3.63) is 18.0 Å². The second-order valence-corrected chi connectivity index (χ2v) is 2.73. The molecule has 0 atom stereocenters. The third-order valence-electron chi connectivity index (χ3n) is 1.59. The van der Waals surface area contributed by atoms with E-state index in [0.717, 1.165) is 12.1 Å². The lowest BCUT2D eigenvalue weighted by Gasteiger charge is -1.92. The van der Waals surface area contributed by atoms with E-state index in [1.807, 2.05) is 19.3 Å². The van der Waals surface area contributed by atoms with Crippen molar-refractivity contribution in [1.29, 1.82) is 0 Å². The number of carbonyl (C=O) groups is 1. The van der Waals surface area contributed by atoms with Crippen molar-refractivity contribution in [2.75, 3.05) is 0 Å². The van der Waals surface area contributed by atoms with Crippen LogP contribution in [0, 0.1) is 0 Å². The van der Waals surface area contributed by atoms with Crippen LogP contribution in [-0.2, 0) is 18.3 Å². The summed E-state index contributed by atoms with van der Waals surface area (Å²) in [6.07, 6.45) is 3.48. The fourth-order valence-corrected chi connectivity index (χ4v) is 1.02. The molecule has 0 unspecified atom stereocenters. The highest BCUT2D eigenvalue weighted by molar-refractivity contribution is 5.66. The van der Waals surface area contributed by atoms with Crippen LogP contribution in [0.2, 0.25) is 0 Å². The molecule has 66 valence electrons. The minimum Gasteiger partial charge on any atom is -0.481 e. The molecule has 0 spiro atoms. The number of aliphatic carboxylic acids is 1. The van der Waals surface area contributed by atoms with Crippen LogP contribution in [0.15, 0.2) is 12.3 Å². The average molecular weight is 168 g/mol. The van der Waals surface area contributed by atoms with Gasteiger partial charge in [-0.2, -0.15) is 5.10 Å². The fourth-order valence-electron chi connectivity index (χ4n) is 1.02. The topological polar surface area (TPSA) is 55.1 Å². The summed E-state index contributed by atoms with van der Waals surface area (Å²) in [6.45, 7) is 0. The molecule has 1 N–H and O–H groups in total. The first-order valence-corrected chi connectivity index (χ1v) is 3.89. The highest BCUT2D eigenvalue weighted by Crippen LogP contribution is 2.01. The molecule has 0 radical (unpaired) electrons. The third-order valence-corrected chi connectivity index (χ3v) is 1.59. The highest BCUT2D eigenvalue weighted by atomic mass is 16.4. The van der Waals surface area contributed by atoms with Crippen LogP contribution in [0.5, 0.6) is 0 Å². The normalized spacial score (nSPS) is 10.1. The van der Waals surface area contributed by atoms with Crippen LogP contribution in [0.1, 0.15) is 18.5 Å². The number of carboxylic acids is 1. The number of hydrogen-bond donors (Lipinski definition) is 1. The summed E-state index contributed by atoms with van der Waals surface area (Å²) in [5.74, 6) is -0.745. The molecule has 0 aromatic carbocycles. The summed E-state index contributed by atoms with van der Waals surface area (Å²) in [4.78, 5) is 10.2. The van der Waals surface area contributed by atoms with E-state index in [2.05, 4.69) is 5.10 Å². The lowest BCUT2D eigenvalue weighted by molar-refractivity contribution is -0.137. The summed E-state index contributed by atoms with van der Waals surface area (Å²) in [7, 11) is 1.85. The molecule has 0 saturated heterocycles. The summed E-state index contributed by atoms with van der Waals surface area (Å²) in [5, 5.41) is 12.5. The number of hydrogen-bond acceptors (Lipinski definition) is 2. The standard InChI is InChI=1S/C8H12N2O2/c1-10-6-5-7(9-10)3-2-4-8(11)12/h5-6H,2-4H2,1H3,(H,11,12). The van der Waals surface area contributed by atoms with Gasteiger partial charge in [0.25, 0.3) is 0 Å². The number of aryl methyl sites for hydroxylation is 2. The van der Waals surface area contributed by atoms with Crippen molar-refractivity contribution in [1.82, 2.24) is 9.78 Å². The van der Waals surface area contributed by atoms with Crippen LogP contribution in [0.25, 0.3) is 0 Å². The smallest absolute Gasteiger partial charge is 0.303 e. The average Bonchev–Trinajstić information content (AvgIpc) is 2.35. The van der Waals surface area contributed by atoms with Crippen LogP contribution in [-0.4, -0.2) is 20.9 Å². The molecule has 0 aliphatic carbocycles. The summed E-state index contributed by atoms with van der Waals surface area (Å²) in [5.41, 5.74) is 0.957. The van der Waals surface area contributed by atoms with Crippen LogP contribution in [0.3, 0.4) is 0 Å². The zero-order valence-corrected chi connectivity index (χ0v) is 7.03. The van der Waals surface area contributed by atoms with Crippen molar-refractivity contribution in [2.45, 2.75) is 19.3 Å². The first-order chi connectivity index (χ1) is 5.68. The summed E-state index contributed by atoms with van der Waals surface area (Å²) < 4.78 is 1.72. The minimum absolute atomic E-state index is 0.219. The Labute approximate surface area is 70.8 Å². The van der Waals surface area contributed by atoms with Gasteiger partial charge < -0.3 is 5.11 Å². The predicted molar refractivity (Wildman–Crippen MR) is 43.8 cm³/mol. The summed E-state index contributed by atoms with van der Waals surface area (Å²) >= 11 is 0. The van der Waals surface area contributed by atoms with Crippen LogP contribution in [0.4, 0.5) is 0 Å². The molecule has 1 rings (SSSR count). The molecule has 4 heteroatoms. The Morgan fingerprint density at radius 3 is 3.00 bits per heavy atom. The highest BCUT2D eigenvalue weighted by Gasteiger charge is 1.99. The van der Waals surface area contributed by atoms with E-state index in [9.17, 15) is 4.79 Å². The Balaban J connectivity index is 2.29. The minimum atomic E-state index is -0.745. The van der Waals surface area contributed by atoms with E-state index in [0.29, 0.717) is 6.42 Å². The van der Waals surface area contributed by atoms with E-state index in [4.69, 9.17) is 5.11 Å². The monoisotopic (exact) mass is 168 g/mol. The largest absolute Gasteiger partial charge is 0.481 e. The quantitative estimate of drug-likeness (QED) is 0.724. The molecule has 1 aromatic heterocycles. The van der Waals surface area contributed by atoms with E-state index in [-0.39, 0.29) is 6.42 Å². The number of rotatable bonds is 4. The molecule has 0 aliphatic heterocycles. The predicted octanol–water partition coefficient (Wildman–Crippen LogP) is 0.827. The van der Waals surface area contributed by atoms with Gasteiger partial charge in [-0.25, -0.2) is 0 Å².